The van der Waals surface area contributed by atoms with Gasteiger partial charge in [0, 0.05) is 30.1 Å². The molecular weight excluding hydrogens is 399 g/mol. The monoisotopic (exact) mass is 424 g/mol. The van der Waals surface area contributed by atoms with Crippen LogP contribution in [0, 0.1) is 11.8 Å². The van der Waals surface area contributed by atoms with Gasteiger partial charge in [-0.2, -0.15) is 0 Å². The minimum absolute atomic E-state index is 0. The average Bonchev–Trinajstić information content (AvgIpc) is 3.09. The van der Waals surface area contributed by atoms with E-state index >= 15 is 0 Å². The normalized spacial score (nSPS) is 26.3. The van der Waals surface area contributed by atoms with Crippen molar-refractivity contribution in [3.05, 3.63) is 23.2 Å². The SMILES string of the molecule is CC1CCNCC1NS(=O)(=O)c1cc(Cl)ccc1OCC1CCOC1.Cl. The van der Waals surface area contributed by atoms with Gasteiger partial charge < -0.3 is 14.8 Å². The molecule has 6 nitrogen and oxygen atoms in total. The van der Waals surface area contributed by atoms with E-state index in [4.69, 9.17) is 21.1 Å². The molecule has 2 aliphatic rings. The van der Waals surface area contributed by atoms with Crippen LogP contribution in [0.5, 0.6) is 5.75 Å². The van der Waals surface area contributed by atoms with Crippen LogP contribution < -0.4 is 14.8 Å². The fourth-order valence-corrected chi connectivity index (χ4v) is 4.90. The smallest absolute Gasteiger partial charge is 0.244 e. The molecule has 148 valence electrons. The van der Waals surface area contributed by atoms with Gasteiger partial charge >= 0.3 is 0 Å². The maximum Gasteiger partial charge on any atom is 0.244 e. The molecular formula is C17H26Cl2N2O4S. The molecule has 2 fully saturated rings. The number of halogens is 2. The molecule has 2 N–H and O–H groups in total. The van der Waals surface area contributed by atoms with Gasteiger partial charge in [0.2, 0.25) is 10.0 Å². The Morgan fingerprint density at radius 1 is 1.38 bits per heavy atom. The number of nitrogens with one attached hydrogen (secondary N) is 2. The number of hydrogen-bond acceptors (Lipinski definition) is 5. The van der Waals surface area contributed by atoms with Crippen molar-refractivity contribution in [1.29, 1.82) is 0 Å². The zero-order valence-corrected chi connectivity index (χ0v) is 17.1. The topological polar surface area (TPSA) is 76.7 Å². The van der Waals surface area contributed by atoms with Gasteiger partial charge in [-0.15, -0.1) is 12.4 Å². The summed E-state index contributed by atoms with van der Waals surface area (Å²) < 4.78 is 39.8. The van der Waals surface area contributed by atoms with Crippen LogP contribution in [0.25, 0.3) is 0 Å². The van der Waals surface area contributed by atoms with Crippen LogP contribution in [0.3, 0.4) is 0 Å². The quantitative estimate of drug-likeness (QED) is 0.733. The summed E-state index contributed by atoms with van der Waals surface area (Å²) in [5.74, 6) is 0.900. The van der Waals surface area contributed by atoms with E-state index in [1.54, 1.807) is 12.1 Å². The van der Waals surface area contributed by atoms with Gasteiger partial charge in [-0.25, -0.2) is 13.1 Å². The van der Waals surface area contributed by atoms with E-state index in [1.807, 2.05) is 0 Å². The lowest BCUT2D eigenvalue weighted by Crippen LogP contribution is -2.50. The number of piperidine rings is 1. The largest absolute Gasteiger partial charge is 0.492 e. The highest BCUT2D eigenvalue weighted by Crippen LogP contribution is 2.29. The van der Waals surface area contributed by atoms with E-state index in [9.17, 15) is 8.42 Å². The van der Waals surface area contributed by atoms with Crippen LogP contribution in [0.15, 0.2) is 23.1 Å². The molecule has 2 saturated heterocycles. The van der Waals surface area contributed by atoms with Crippen LogP contribution in [0.1, 0.15) is 19.8 Å². The van der Waals surface area contributed by atoms with Crippen LogP contribution >= 0.6 is 24.0 Å². The predicted octanol–water partition coefficient (Wildman–Crippen LogP) is 2.45. The lowest BCUT2D eigenvalue weighted by Gasteiger charge is -2.30. The highest BCUT2D eigenvalue weighted by molar-refractivity contribution is 7.89. The summed E-state index contributed by atoms with van der Waals surface area (Å²) in [6, 6.07) is 4.57. The van der Waals surface area contributed by atoms with E-state index < -0.39 is 10.0 Å². The predicted molar refractivity (Wildman–Crippen MR) is 104 cm³/mol. The molecule has 3 atom stereocenters. The first kappa shape index (κ1) is 21.7. The van der Waals surface area contributed by atoms with Crippen molar-refractivity contribution in [1.82, 2.24) is 10.0 Å². The highest BCUT2D eigenvalue weighted by Gasteiger charge is 2.29. The number of hydrogen-bond donors (Lipinski definition) is 2. The van der Waals surface area contributed by atoms with E-state index in [1.165, 1.54) is 6.07 Å². The van der Waals surface area contributed by atoms with Gasteiger partial charge in [0.1, 0.15) is 10.6 Å². The Balaban J connectivity index is 0.00000243. The Hall–Kier alpha value is -0.570. The maximum atomic E-state index is 12.9. The summed E-state index contributed by atoms with van der Waals surface area (Å²) in [5.41, 5.74) is 0. The van der Waals surface area contributed by atoms with E-state index in [-0.39, 0.29) is 29.3 Å². The van der Waals surface area contributed by atoms with Crippen molar-refractivity contribution >= 4 is 34.0 Å². The molecule has 26 heavy (non-hydrogen) atoms. The van der Waals surface area contributed by atoms with Crippen molar-refractivity contribution in [2.24, 2.45) is 11.8 Å². The van der Waals surface area contributed by atoms with Gasteiger partial charge in [-0.1, -0.05) is 18.5 Å². The summed E-state index contributed by atoms with van der Waals surface area (Å²) in [7, 11) is -3.72. The first-order valence-electron chi connectivity index (χ1n) is 8.69. The van der Waals surface area contributed by atoms with Crippen molar-refractivity contribution < 1.29 is 17.9 Å². The maximum absolute atomic E-state index is 12.9. The van der Waals surface area contributed by atoms with Crippen LogP contribution in [0.4, 0.5) is 0 Å². The third-order valence-corrected chi connectivity index (χ3v) is 6.57. The highest BCUT2D eigenvalue weighted by atomic mass is 35.5. The molecule has 0 radical (unpaired) electrons. The minimum atomic E-state index is -3.72. The Kier molecular flexibility index (Phi) is 8.00. The van der Waals surface area contributed by atoms with E-state index in [2.05, 4.69) is 17.0 Å². The summed E-state index contributed by atoms with van der Waals surface area (Å²) >= 11 is 6.04. The van der Waals surface area contributed by atoms with Gasteiger partial charge in [0.25, 0.3) is 0 Å². The second-order valence-electron chi connectivity index (χ2n) is 6.83. The zero-order chi connectivity index (χ0) is 17.9. The number of benzene rings is 1. The van der Waals surface area contributed by atoms with Gasteiger partial charge in [0.05, 0.1) is 13.2 Å². The second-order valence-corrected chi connectivity index (χ2v) is 8.95. The third-order valence-electron chi connectivity index (χ3n) is 4.83. The number of sulfonamides is 1. The standard InChI is InChI=1S/C17H25ClN2O4S.ClH/c1-12-4-6-19-9-15(12)20-25(21,22)17-8-14(18)2-3-16(17)24-11-13-5-7-23-10-13;/h2-3,8,12-13,15,19-20H,4-7,9-11H2,1H3;1H. The molecule has 2 heterocycles. The van der Waals surface area contributed by atoms with E-state index in [0.717, 1.165) is 26.0 Å². The molecule has 1 aromatic rings. The Labute approximate surface area is 166 Å². The van der Waals surface area contributed by atoms with Gasteiger partial charge in [0.15, 0.2) is 0 Å². The summed E-state index contributed by atoms with van der Waals surface area (Å²) in [4.78, 5) is 0.0942. The Morgan fingerprint density at radius 2 is 2.19 bits per heavy atom. The van der Waals surface area contributed by atoms with Crippen molar-refractivity contribution in [3.8, 4) is 5.75 Å². The first-order chi connectivity index (χ1) is 12.0. The van der Waals surface area contributed by atoms with Crippen molar-refractivity contribution in [2.75, 3.05) is 32.9 Å². The fourth-order valence-electron chi connectivity index (χ4n) is 3.14. The fraction of sp³-hybridized carbons (Fsp3) is 0.647. The van der Waals surface area contributed by atoms with Gasteiger partial charge in [-0.05, 0) is 43.5 Å². The van der Waals surface area contributed by atoms with Crippen LogP contribution in [-0.4, -0.2) is 47.4 Å². The molecule has 9 heteroatoms. The molecule has 0 bridgehead atoms. The molecule has 0 aliphatic carbocycles. The minimum Gasteiger partial charge on any atom is -0.492 e. The van der Waals surface area contributed by atoms with Crippen molar-refractivity contribution in [2.45, 2.75) is 30.7 Å². The van der Waals surface area contributed by atoms with Crippen molar-refractivity contribution in [3.63, 3.8) is 0 Å². The summed E-state index contributed by atoms with van der Waals surface area (Å²) in [6.07, 6.45) is 1.87. The lowest BCUT2D eigenvalue weighted by atomic mass is 9.96. The molecule has 0 saturated carbocycles. The molecule has 2 aliphatic heterocycles. The summed E-state index contributed by atoms with van der Waals surface area (Å²) in [6.45, 7) is 5.41. The molecule has 0 aromatic heterocycles. The second kappa shape index (κ2) is 9.57. The van der Waals surface area contributed by atoms with Crippen LogP contribution in [0.2, 0.25) is 5.02 Å². The Bertz CT molecular complexity index is 696. The number of rotatable bonds is 6. The molecule has 3 unspecified atom stereocenters. The van der Waals surface area contributed by atoms with Crippen LogP contribution in [-0.2, 0) is 14.8 Å². The molecule has 3 rings (SSSR count). The molecule has 1 aromatic carbocycles. The van der Waals surface area contributed by atoms with Gasteiger partial charge in [-0.3, -0.25) is 0 Å². The first-order valence-corrected chi connectivity index (χ1v) is 10.5. The molecule has 0 amide bonds. The number of ether oxygens (including phenoxy) is 2. The average molecular weight is 425 g/mol. The zero-order valence-electron chi connectivity index (χ0n) is 14.7. The third kappa shape index (κ3) is 5.47. The molecule has 0 spiro atoms. The lowest BCUT2D eigenvalue weighted by molar-refractivity contribution is 0.166. The van der Waals surface area contributed by atoms with E-state index in [0.29, 0.717) is 36.4 Å². The summed E-state index contributed by atoms with van der Waals surface area (Å²) in [5, 5.41) is 3.60. The Morgan fingerprint density at radius 3 is 2.88 bits per heavy atom.